The Labute approximate surface area is 96.4 Å². The summed E-state index contributed by atoms with van der Waals surface area (Å²) in [5.74, 6) is 0. The van der Waals surface area contributed by atoms with Crippen LogP contribution in [0.2, 0.25) is 0 Å². The number of aliphatic hydroxyl groups excluding tert-OH is 1. The number of aliphatic hydroxyl groups is 1. The first kappa shape index (κ1) is 11.6. The minimum atomic E-state index is 0.0581. The summed E-state index contributed by atoms with van der Waals surface area (Å²) >= 11 is 0. The van der Waals surface area contributed by atoms with Crippen molar-refractivity contribution in [3.8, 4) is 0 Å². The van der Waals surface area contributed by atoms with Crippen LogP contribution in [0.5, 0.6) is 0 Å². The first-order chi connectivity index (χ1) is 7.90. The Morgan fingerprint density at radius 3 is 2.81 bits per heavy atom. The standard InChI is InChI=1S/C13H19NO2/c15-10-12(13-7-4-8-16-13)14-9-11-5-2-1-3-6-11/h1-3,5-6,12-15H,4,7-10H2. The zero-order valence-electron chi connectivity index (χ0n) is 9.43. The molecule has 1 heterocycles. The van der Waals surface area contributed by atoms with Crippen molar-refractivity contribution in [2.75, 3.05) is 13.2 Å². The van der Waals surface area contributed by atoms with E-state index in [-0.39, 0.29) is 18.8 Å². The summed E-state index contributed by atoms with van der Waals surface area (Å²) < 4.78 is 5.57. The van der Waals surface area contributed by atoms with Gasteiger partial charge in [-0.1, -0.05) is 30.3 Å². The van der Waals surface area contributed by atoms with E-state index in [1.54, 1.807) is 0 Å². The van der Waals surface area contributed by atoms with E-state index in [0.29, 0.717) is 0 Å². The molecule has 0 amide bonds. The van der Waals surface area contributed by atoms with Crippen LogP contribution in [0, 0.1) is 0 Å². The number of rotatable bonds is 5. The van der Waals surface area contributed by atoms with Gasteiger partial charge in [0.15, 0.2) is 0 Å². The molecule has 3 nitrogen and oxygen atoms in total. The molecule has 1 aromatic carbocycles. The fourth-order valence-corrected chi connectivity index (χ4v) is 2.08. The summed E-state index contributed by atoms with van der Waals surface area (Å²) in [4.78, 5) is 0. The van der Waals surface area contributed by atoms with Gasteiger partial charge in [-0.25, -0.2) is 0 Å². The van der Waals surface area contributed by atoms with Gasteiger partial charge in [-0.05, 0) is 18.4 Å². The van der Waals surface area contributed by atoms with E-state index in [0.717, 1.165) is 26.0 Å². The summed E-state index contributed by atoms with van der Waals surface area (Å²) in [5.41, 5.74) is 1.24. The van der Waals surface area contributed by atoms with Gasteiger partial charge in [0.05, 0.1) is 18.8 Å². The number of nitrogens with one attached hydrogen (secondary N) is 1. The maximum atomic E-state index is 9.32. The quantitative estimate of drug-likeness (QED) is 0.788. The summed E-state index contributed by atoms with van der Waals surface area (Å²) in [6, 6.07) is 10.3. The van der Waals surface area contributed by atoms with Crippen LogP contribution in [0.25, 0.3) is 0 Å². The minimum Gasteiger partial charge on any atom is -0.395 e. The average molecular weight is 221 g/mol. The normalized spacial score (nSPS) is 22.2. The predicted molar refractivity (Wildman–Crippen MR) is 63.1 cm³/mol. The van der Waals surface area contributed by atoms with Crippen molar-refractivity contribution >= 4 is 0 Å². The van der Waals surface area contributed by atoms with Gasteiger partial charge >= 0.3 is 0 Å². The Balaban J connectivity index is 1.83. The van der Waals surface area contributed by atoms with Crippen LogP contribution in [0.3, 0.4) is 0 Å². The van der Waals surface area contributed by atoms with Crippen LogP contribution < -0.4 is 5.32 Å². The van der Waals surface area contributed by atoms with Crippen molar-refractivity contribution in [2.24, 2.45) is 0 Å². The summed E-state index contributed by atoms with van der Waals surface area (Å²) in [6.45, 7) is 1.75. The van der Waals surface area contributed by atoms with Crippen LogP contribution in [0.1, 0.15) is 18.4 Å². The lowest BCUT2D eigenvalue weighted by atomic mass is 10.1. The molecule has 16 heavy (non-hydrogen) atoms. The molecule has 0 saturated carbocycles. The van der Waals surface area contributed by atoms with E-state index >= 15 is 0 Å². The molecule has 1 aliphatic heterocycles. The van der Waals surface area contributed by atoms with E-state index in [1.807, 2.05) is 18.2 Å². The second-order valence-electron chi connectivity index (χ2n) is 4.21. The monoisotopic (exact) mass is 221 g/mol. The van der Waals surface area contributed by atoms with Gasteiger partial charge in [0.1, 0.15) is 0 Å². The Bertz CT molecular complexity index is 296. The largest absolute Gasteiger partial charge is 0.395 e. The molecular weight excluding hydrogens is 202 g/mol. The SMILES string of the molecule is OCC(NCc1ccccc1)C1CCCO1. The molecule has 0 radical (unpaired) electrons. The molecule has 0 bridgehead atoms. The van der Waals surface area contributed by atoms with Gasteiger partial charge < -0.3 is 15.2 Å². The maximum Gasteiger partial charge on any atom is 0.0751 e. The molecule has 0 aromatic heterocycles. The van der Waals surface area contributed by atoms with Gasteiger partial charge in [-0.3, -0.25) is 0 Å². The third-order valence-electron chi connectivity index (χ3n) is 3.02. The van der Waals surface area contributed by atoms with Crippen molar-refractivity contribution in [1.29, 1.82) is 0 Å². The van der Waals surface area contributed by atoms with Gasteiger partial charge in [0.25, 0.3) is 0 Å². The first-order valence-corrected chi connectivity index (χ1v) is 5.90. The predicted octanol–water partition coefficient (Wildman–Crippen LogP) is 1.32. The lowest BCUT2D eigenvalue weighted by Crippen LogP contribution is -2.42. The molecule has 3 heteroatoms. The molecule has 1 aromatic rings. The second kappa shape index (κ2) is 5.99. The van der Waals surface area contributed by atoms with Gasteiger partial charge in [0, 0.05) is 13.2 Å². The Morgan fingerprint density at radius 2 is 2.19 bits per heavy atom. The highest BCUT2D eigenvalue weighted by atomic mass is 16.5. The lowest BCUT2D eigenvalue weighted by molar-refractivity contribution is 0.0550. The molecule has 1 saturated heterocycles. The minimum absolute atomic E-state index is 0.0581. The third kappa shape index (κ3) is 3.04. The Hall–Kier alpha value is -0.900. The maximum absolute atomic E-state index is 9.32. The van der Waals surface area contributed by atoms with Crippen LogP contribution >= 0.6 is 0 Å². The number of hydrogen-bond donors (Lipinski definition) is 2. The van der Waals surface area contributed by atoms with Crippen LogP contribution in [0.4, 0.5) is 0 Å². The van der Waals surface area contributed by atoms with Crippen molar-refractivity contribution in [1.82, 2.24) is 5.32 Å². The molecule has 2 unspecified atom stereocenters. The molecule has 1 aliphatic rings. The fourth-order valence-electron chi connectivity index (χ4n) is 2.08. The van der Waals surface area contributed by atoms with Crippen LogP contribution in [-0.2, 0) is 11.3 Å². The highest BCUT2D eigenvalue weighted by Crippen LogP contribution is 2.15. The van der Waals surface area contributed by atoms with Crippen molar-refractivity contribution in [3.63, 3.8) is 0 Å². The topological polar surface area (TPSA) is 41.5 Å². The molecule has 2 atom stereocenters. The average Bonchev–Trinajstić information content (AvgIpc) is 2.85. The number of hydrogen-bond acceptors (Lipinski definition) is 3. The van der Waals surface area contributed by atoms with Gasteiger partial charge in [-0.2, -0.15) is 0 Å². The zero-order chi connectivity index (χ0) is 11.2. The van der Waals surface area contributed by atoms with Crippen LogP contribution in [0.15, 0.2) is 30.3 Å². The van der Waals surface area contributed by atoms with E-state index < -0.39 is 0 Å². The van der Waals surface area contributed by atoms with Crippen LogP contribution in [-0.4, -0.2) is 30.5 Å². The first-order valence-electron chi connectivity index (χ1n) is 5.90. The van der Waals surface area contributed by atoms with E-state index in [4.69, 9.17) is 4.74 Å². The van der Waals surface area contributed by atoms with Gasteiger partial charge in [0.2, 0.25) is 0 Å². The molecule has 0 aliphatic carbocycles. The zero-order valence-corrected chi connectivity index (χ0v) is 9.43. The second-order valence-corrected chi connectivity index (χ2v) is 4.21. The molecule has 1 fully saturated rings. The molecular formula is C13H19NO2. The van der Waals surface area contributed by atoms with Crippen molar-refractivity contribution in [2.45, 2.75) is 31.5 Å². The molecule has 0 spiro atoms. The van der Waals surface area contributed by atoms with Crippen molar-refractivity contribution < 1.29 is 9.84 Å². The highest BCUT2D eigenvalue weighted by Gasteiger charge is 2.24. The third-order valence-corrected chi connectivity index (χ3v) is 3.02. The lowest BCUT2D eigenvalue weighted by Gasteiger charge is -2.22. The highest BCUT2D eigenvalue weighted by molar-refractivity contribution is 5.14. The van der Waals surface area contributed by atoms with E-state index in [2.05, 4.69) is 17.4 Å². The van der Waals surface area contributed by atoms with Gasteiger partial charge in [-0.15, -0.1) is 0 Å². The Kier molecular flexibility index (Phi) is 4.34. The number of ether oxygens (including phenoxy) is 1. The molecule has 2 rings (SSSR count). The van der Waals surface area contributed by atoms with Crippen molar-refractivity contribution in [3.05, 3.63) is 35.9 Å². The van der Waals surface area contributed by atoms with E-state index in [1.165, 1.54) is 5.56 Å². The summed E-state index contributed by atoms with van der Waals surface area (Å²) in [7, 11) is 0. The number of benzene rings is 1. The Morgan fingerprint density at radius 1 is 1.38 bits per heavy atom. The molecule has 2 N–H and O–H groups in total. The fraction of sp³-hybridized carbons (Fsp3) is 0.538. The summed E-state index contributed by atoms with van der Waals surface area (Å²) in [6.07, 6.45) is 2.33. The smallest absolute Gasteiger partial charge is 0.0751 e. The molecule has 88 valence electrons. The van der Waals surface area contributed by atoms with E-state index in [9.17, 15) is 5.11 Å². The summed E-state index contributed by atoms with van der Waals surface area (Å²) in [5, 5.41) is 12.7.